The Labute approximate surface area is 129 Å². The Morgan fingerprint density at radius 3 is 2.76 bits per heavy atom. The number of carbonyl (C=O) groups is 1. The highest BCUT2D eigenvalue weighted by atomic mass is 35.5. The molecule has 0 aliphatic carbocycles. The molecule has 2 aromatic rings. The predicted octanol–water partition coefficient (Wildman–Crippen LogP) is 3.06. The van der Waals surface area contributed by atoms with Crippen molar-refractivity contribution in [3.8, 4) is 11.5 Å². The number of fused-ring (bicyclic) bond motifs is 1. The van der Waals surface area contributed by atoms with Gasteiger partial charge in [0, 0.05) is 15.5 Å². The van der Waals surface area contributed by atoms with E-state index in [1.807, 2.05) is 0 Å². The molecule has 0 spiro atoms. The summed E-state index contributed by atoms with van der Waals surface area (Å²) in [6, 6.07) is 11.6. The van der Waals surface area contributed by atoms with Crippen molar-refractivity contribution in [1.29, 1.82) is 0 Å². The first kappa shape index (κ1) is 14.1. The minimum atomic E-state index is -1.43. The normalized spacial score (nSPS) is 14.0. The van der Waals surface area contributed by atoms with E-state index < -0.39 is 10.8 Å². The summed E-state index contributed by atoms with van der Waals surface area (Å²) in [6.45, 7) is 0.154. The zero-order chi connectivity index (χ0) is 14.8. The number of ketones is 1. The Morgan fingerprint density at radius 1 is 1.14 bits per heavy atom. The minimum absolute atomic E-state index is 0.0972. The van der Waals surface area contributed by atoms with E-state index in [0.29, 0.717) is 27.0 Å². The van der Waals surface area contributed by atoms with Crippen LogP contribution in [0.4, 0.5) is 0 Å². The minimum Gasteiger partial charge on any atom is -0.454 e. The molecule has 3 rings (SSSR count). The van der Waals surface area contributed by atoms with Gasteiger partial charge in [-0.25, -0.2) is 0 Å². The Hall–Kier alpha value is -1.85. The van der Waals surface area contributed by atoms with Gasteiger partial charge in [0.15, 0.2) is 17.3 Å². The van der Waals surface area contributed by atoms with Crippen molar-refractivity contribution >= 4 is 28.2 Å². The molecule has 0 amide bonds. The number of benzene rings is 2. The van der Waals surface area contributed by atoms with Crippen LogP contribution in [-0.4, -0.2) is 22.5 Å². The van der Waals surface area contributed by atoms with Crippen LogP contribution in [0.3, 0.4) is 0 Å². The summed E-state index contributed by atoms with van der Waals surface area (Å²) in [6.07, 6.45) is 0. The third-order valence-electron chi connectivity index (χ3n) is 3.02. The van der Waals surface area contributed by atoms with Crippen molar-refractivity contribution in [2.45, 2.75) is 4.90 Å². The van der Waals surface area contributed by atoms with Crippen molar-refractivity contribution in [1.82, 2.24) is 0 Å². The fraction of sp³-hybridized carbons (Fsp3) is 0.133. The molecule has 0 fully saturated rings. The number of Topliss-reactive ketones (excluding diaryl/α,β-unsaturated/α-hetero) is 1. The third kappa shape index (κ3) is 3.09. The Kier molecular flexibility index (Phi) is 3.94. The Balaban J connectivity index is 1.76. The molecule has 1 heterocycles. The van der Waals surface area contributed by atoms with Gasteiger partial charge < -0.3 is 9.47 Å². The number of ether oxygens (including phenoxy) is 2. The van der Waals surface area contributed by atoms with Crippen LogP contribution in [-0.2, 0) is 10.8 Å². The molecule has 6 heteroatoms. The van der Waals surface area contributed by atoms with E-state index in [1.54, 1.807) is 42.5 Å². The average Bonchev–Trinajstić information content (AvgIpc) is 2.94. The van der Waals surface area contributed by atoms with E-state index in [-0.39, 0.29) is 18.3 Å². The SMILES string of the molecule is O=C(CS(=O)c1cccc(Cl)c1)c1ccc2c(c1)OCO2. The van der Waals surface area contributed by atoms with Gasteiger partial charge in [-0.1, -0.05) is 17.7 Å². The zero-order valence-corrected chi connectivity index (χ0v) is 12.4. The summed E-state index contributed by atoms with van der Waals surface area (Å²) in [7, 11) is -1.43. The molecular formula is C15H11ClO4S. The lowest BCUT2D eigenvalue weighted by molar-refractivity contribution is 0.102. The molecule has 108 valence electrons. The first-order valence-corrected chi connectivity index (χ1v) is 7.90. The topological polar surface area (TPSA) is 52.6 Å². The van der Waals surface area contributed by atoms with Crippen LogP contribution in [0, 0.1) is 0 Å². The van der Waals surface area contributed by atoms with E-state index in [0.717, 1.165) is 0 Å². The second-order valence-electron chi connectivity index (χ2n) is 4.44. The van der Waals surface area contributed by atoms with Crippen LogP contribution in [0.15, 0.2) is 47.4 Å². The molecule has 1 aliphatic rings. The van der Waals surface area contributed by atoms with Gasteiger partial charge in [0.25, 0.3) is 0 Å². The van der Waals surface area contributed by atoms with Gasteiger partial charge in [0.2, 0.25) is 6.79 Å². The van der Waals surface area contributed by atoms with Crippen LogP contribution in [0.2, 0.25) is 5.02 Å². The van der Waals surface area contributed by atoms with Crippen LogP contribution in [0.25, 0.3) is 0 Å². The van der Waals surface area contributed by atoms with E-state index in [2.05, 4.69) is 0 Å². The first-order valence-electron chi connectivity index (χ1n) is 6.20. The largest absolute Gasteiger partial charge is 0.454 e. The molecule has 4 nitrogen and oxygen atoms in total. The predicted molar refractivity (Wildman–Crippen MR) is 79.6 cm³/mol. The molecular weight excluding hydrogens is 312 g/mol. The van der Waals surface area contributed by atoms with E-state index in [1.165, 1.54) is 0 Å². The fourth-order valence-electron chi connectivity index (χ4n) is 1.96. The smallest absolute Gasteiger partial charge is 0.231 e. The maximum Gasteiger partial charge on any atom is 0.231 e. The number of hydrogen-bond acceptors (Lipinski definition) is 4. The van der Waals surface area contributed by atoms with E-state index >= 15 is 0 Å². The number of halogens is 1. The molecule has 0 N–H and O–H groups in total. The second-order valence-corrected chi connectivity index (χ2v) is 6.33. The van der Waals surface area contributed by atoms with Gasteiger partial charge in [-0.05, 0) is 36.4 Å². The highest BCUT2D eigenvalue weighted by Gasteiger charge is 2.18. The van der Waals surface area contributed by atoms with Gasteiger partial charge in [-0.2, -0.15) is 0 Å². The lowest BCUT2D eigenvalue weighted by Gasteiger charge is -2.04. The highest BCUT2D eigenvalue weighted by Crippen LogP contribution is 2.32. The van der Waals surface area contributed by atoms with Crippen LogP contribution < -0.4 is 9.47 Å². The highest BCUT2D eigenvalue weighted by molar-refractivity contribution is 7.85. The number of rotatable bonds is 4. The Bertz CT molecular complexity index is 729. The first-order chi connectivity index (χ1) is 10.1. The molecule has 0 saturated heterocycles. The molecule has 1 unspecified atom stereocenters. The molecule has 0 radical (unpaired) electrons. The molecule has 0 saturated carbocycles. The van der Waals surface area contributed by atoms with Gasteiger partial charge in [0.05, 0.1) is 16.6 Å². The van der Waals surface area contributed by atoms with Gasteiger partial charge in [0.1, 0.15) is 0 Å². The fourth-order valence-corrected chi connectivity index (χ4v) is 3.28. The summed E-state index contributed by atoms with van der Waals surface area (Å²) >= 11 is 5.86. The third-order valence-corrected chi connectivity index (χ3v) is 4.55. The molecule has 0 bridgehead atoms. The average molecular weight is 323 g/mol. The summed E-state index contributed by atoms with van der Waals surface area (Å²) in [5.41, 5.74) is 0.453. The van der Waals surface area contributed by atoms with Crippen molar-refractivity contribution in [2.75, 3.05) is 12.5 Å². The molecule has 2 aromatic carbocycles. The number of carbonyl (C=O) groups excluding carboxylic acids is 1. The maximum atomic E-state index is 12.2. The van der Waals surface area contributed by atoms with Crippen LogP contribution >= 0.6 is 11.6 Å². The van der Waals surface area contributed by atoms with E-state index in [4.69, 9.17) is 21.1 Å². The second kappa shape index (κ2) is 5.87. The quantitative estimate of drug-likeness (QED) is 0.812. The lowest BCUT2D eigenvalue weighted by Crippen LogP contribution is -2.11. The molecule has 1 aliphatic heterocycles. The summed E-state index contributed by atoms with van der Waals surface area (Å²) in [5.74, 6) is 0.837. The van der Waals surface area contributed by atoms with Crippen LogP contribution in [0.5, 0.6) is 11.5 Å². The van der Waals surface area contributed by atoms with Gasteiger partial charge in [-0.15, -0.1) is 0 Å². The standard InChI is InChI=1S/C15H11ClO4S/c16-11-2-1-3-12(7-11)21(18)8-13(17)10-4-5-14-15(6-10)20-9-19-14/h1-7H,8-9H2. The summed E-state index contributed by atoms with van der Waals surface area (Å²) in [5, 5.41) is 0.497. The number of hydrogen-bond donors (Lipinski definition) is 0. The maximum absolute atomic E-state index is 12.2. The molecule has 1 atom stereocenters. The van der Waals surface area contributed by atoms with Crippen molar-refractivity contribution in [2.24, 2.45) is 0 Å². The Morgan fingerprint density at radius 2 is 1.95 bits per heavy atom. The van der Waals surface area contributed by atoms with Gasteiger partial charge in [-0.3, -0.25) is 9.00 Å². The molecule has 0 aromatic heterocycles. The van der Waals surface area contributed by atoms with E-state index in [9.17, 15) is 9.00 Å². The van der Waals surface area contributed by atoms with Gasteiger partial charge >= 0.3 is 0 Å². The molecule has 21 heavy (non-hydrogen) atoms. The van der Waals surface area contributed by atoms with Crippen molar-refractivity contribution in [3.05, 3.63) is 53.1 Å². The van der Waals surface area contributed by atoms with Crippen LogP contribution in [0.1, 0.15) is 10.4 Å². The zero-order valence-electron chi connectivity index (χ0n) is 10.9. The lowest BCUT2D eigenvalue weighted by atomic mass is 10.1. The summed E-state index contributed by atoms with van der Waals surface area (Å²) < 4.78 is 22.6. The monoisotopic (exact) mass is 322 g/mol. The van der Waals surface area contributed by atoms with Crippen molar-refractivity contribution < 1.29 is 18.5 Å². The van der Waals surface area contributed by atoms with Crippen molar-refractivity contribution in [3.63, 3.8) is 0 Å². The summed E-state index contributed by atoms with van der Waals surface area (Å²) in [4.78, 5) is 12.7.